The van der Waals surface area contributed by atoms with Crippen LogP contribution >= 0.6 is 0 Å². The number of likely N-dealkylation sites (N-methyl/N-ethyl adjacent to an activating group) is 1. The smallest absolute Gasteiger partial charge is 0.345 e. The zero-order chi connectivity index (χ0) is 23.4. The van der Waals surface area contributed by atoms with Gasteiger partial charge in [0.15, 0.2) is 11.5 Å². The highest BCUT2D eigenvalue weighted by Crippen LogP contribution is 2.62. The van der Waals surface area contributed by atoms with Gasteiger partial charge in [0.2, 0.25) is 0 Å². The van der Waals surface area contributed by atoms with E-state index in [-0.39, 0.29) is 11.9 Å². The molecule has 1 atom stereocenters. The Kier molecular flexibility index (Phi) is 4.98. The first-order valence-electron chi connectivity index (χ1n) is 11.0. The van der Waals surface area contributed by atoms with Crippen molar-refractivity contribution in [3.05, 3.63) is 59.2 Å². The van der Waals surface area contributed by atoms with Crippen LogP contribution in [0.3, 0.4) is 0 Å². The van der Waals surface area contributed by atoms with Crippen LogP contribution in [0.1, 0.15) is 42.4 Å². The highest BCUT2D eigenvalue weighted by Gasteiger charge is 2.66. The number of carbonyl (C=O) groups is 1. The maximum Gasteiger partial charge on any atom is 0.345 e. The molecule has 3 aliphatic rings. The van der Waals surface area contributed by atoms with Crippen molar-refractivity contribution >= 4 is 11.9 Å². The molecule has 0 bridgehead atoms. The summed E-state index contributed by atoms with van der Waals surface area (Å²) in [6, 6.07) is 15.4. The number of halogens is 2. The molecule has 2 N–H and O–H groups in total. The molecule has 1 amide bonds. The van der Waals surface area contributed by atoms with Gasteiger partial charge in [-0.05, 0) is 72.6 Å². The second kappa shape index (κ2) is 7.63. The number of hydrogen-bond donors (Lipinski definition) is 1. The van der Waals surface area contributed by atoms with Crippen molar-refractivity contribution in [2.24, 2.45) is 16.1 Å². The maximum absolute atomic E-state index is 13.7. The van der Waals surface area contributed by atoms with Crippen LogP contribution in [0.2, 0.25) is 0 Å². The van der Waals surface area contributed by atoms with Gasteiger partial charge in [-0.15, -0.1) is 0 Å². The number of benzene rings is 2. The molecule has 170 valence electrons. The molecule has 0 radical (unpaired) electrons. The molecule has 6 nitrogen and oxygen atoms in total. The van der Waals surface area contributed by atoms with E-state index in [0.29, 0.717) is 37.7 Å². The summed E-state index contributed by atoms with van der Waals surface area (Å²) in [4.78, 5) is 19.9. The average molecular weight is 450 g/mol. The van der Waals surface area contributed by atoms with Gasteiger partial charge in [0.25, 0.3) is 5.91 Å². The molecule has 8 heteroatoms. The van der Waals surface area contributed by atoms with Crippen LogP contribution in [0, 0.1) is 16.7 Å². The van der Waals surface area contributed by atoms with Crippen LogP contribution in [0.5, 0.6) is 0 Å². The first-order chi connectivity index (χ1) is 15.8. The topological polar surface area (TPSA) is 91.7 Å². The number of fused-ring (bicyclic) bond motifs is 3. The lowest BCUT2D eigenvalue weighted by molar-refractivity contribution is -0.178. The molecule has 33 heavy (non-hydrogen) atoms. The van der Waals surface area contributed by atoms with Gasteiger partial charge in [-0.2, -0.15) is 14.0 Å². The lowest BCUT2D eigenvalue weighted by Crippen LogP contribution is -2.51. The molecule has 1 saturated carbocycles. The summed E-state index contributed by atoms with van der Waals surface area (Å²) in [5, 5.41) is 9.28. The Hall–Kier alpha value is -3.31. The minimum atomic E-state index is -2.81. The zero-order valence-electron chi connectivity index (χ0n) is 18.2. The van der Waals surface area contributed by atoms with Crippen molar-refractivity contribution in [2.75, 3.05) is 7.05 Å². The predicted octanol–water partition coefficient (Wildman–Crippen LogP) is 3.93. The van der Waals surface area contributed by atoms with Crippen LogP contribution in [-0.2, 0) is 21.5 Å². The summed E-state index contributed by atoms with van der Waals surface area (Å²) < 4.78 is 30.3. The molecule has 1 aliphatic heterocycles. The second-order valence-corrected chi connectivity index (χ2v) is 9.16. The van der Waals surface area contributed by atoms with Crippen molar-refractivity contribution in [1.82, 2.24) is 4.90 Å². The molecule has 2 aromatic rings. The molecule has 2 aliphatic carbocycles. The van der Waals surface area contributed by atoms with E-state index in [9.17, 15) is 18.8 Å². The van der Waals surface area contributed by atoms with E-state index in [1.54, 1.807) is 13.1 Å². The zero-order valence-corrected chi connectivity index (χ0v) is 18.2. The summed E-state index contributed by atoms with van der Waals surface area (Å²) in [6.45, 7) is -2.81. The molecular weight excluding hydrogens is 426 g/mol. The average Bonchev–Trinajstić information content (AvgIpc) is 3.21. The van der Waals surface area contributed by atoms with Gasteiger partial charge in [0.1, 0.15) is 0 Å². The van der Waals surface area contributed by atoms with Crippen LogP contribution in [-0.4, -0.2) is 36.5 Å². The molecule has 5 rings (SSSR count). The summed E-state index contributed by atoms with van der Waals surface area (Å²) >= 11 is 0. The third-order valence-electron chi connectivity index (χ3n) is 7.55. The van der Waals surface area contributed by atoms with Gasteiger partial charge in [-0.3, -0.25) is 9.69 Å². The minimum absolute atomic E-state index is 0.162. The van der Waals surface area contributed by atoms with Crippen molar-refractivity contribution in [2.45, 2.75) is 50.4 Å². The van der Waals surface area contributed by atoms with Gasteiger partial charge >= 0.3 is 6.61 Å². The number of guanidine groups is 1. The molecule has 1 fully saturated rings. The Balaban J connectivity index is 1.61. The van der Waals surface area contributed by atoms with E-state index in [0.717, 1.165) is 22.3 Å². The van der Waals surface area contributed by atoms with E-state index < -0.39 is 23.7 Å². The standard InChI is InChI=1S/C25H24F2N4O2/c1-31-21(32)25(30-23(31)29)20-12-17(16-4-2-3-15(11-16)14-28)5-6-18(20)13-24(25)9-7-19(8-10-24)33-22(26)27/h2-6,11-12,19,22H,7-10,13H2,1H3,(H2,29,30). The number of aliphatic imine (C=N–C) groups is 1. The van der Waals surface area contributed by atoms with Gasteiger partial charge < -0.3 is 10.5 Å². The van der Waals surface area contributed by atoms with Crippen molar-refractivity contribution in [3.8, 4) is 17.2 Å². The summed E-state index contributed by atoms with van der Waals surface area (Å²) in [5.74, 6) is -0.0232. The first kappa shape index (κ1) is 21.5. The fourth-order valence-electron chi connectivity index (χ4n) is 5.92. The predicted molar refractivity (Wildman–Crippen MR) is 118 cm³/mol. The van der Waals surface area contributed by atoms with Gasteiger partial charge in [0.05, 0.1) is 17.7 Å². The van der Waals surface area contributed by atoms with E-state index in [4.69, 9.17) is 15.5 Å². The Morgan fingerprint density at radius 2 is 1.94 bits per heavy atom. The molecule has 2 aromatic carbocycles. The minimum Gasteiger partial charge on any atom is -0.369 e. The Bertz CT molecular complexity index is 1200. The van der Waals surface area contributed by atoms with Crippen LogP contribution in [0.15, 0.2) is 47.5 Å². The second-order valence-electron chi connectivity index (χ2n) is 9.16. The van der Waals surface area contributed by atoms with E-state index in [1.165, 1.54) is 4.90 Å². The number of amides is 1. The Morgan fingerprint density at radius 1 is 1.21 bits per heavy atom. The van der Waals surface area contributed by atoms with E-state index in [1.807, 2.05) is 36.4 Å². The number of ether oxygens (including phenoxy) is 1. The van der Waals surface area contributed by atoms with Gasteiger partial charge in [-0.1, -0.05) is 24.3 Å². The lowest BCUT2D eigenvalue weighted by Gasteiger charge is -2.45. The van der Waals surface area contributed by atoms with E-state index in [2.05, 4.69) is 6.07 Å². The third-order valence-corrected chi connectivity index (χ3v) is 7.55. The van der Waals surface area contributed by atoms with Crippen molar-refractivity contribution < 1.29 is 18.3 Å². The summed E-state index contributed by atoms with van der Waals surface area (Å²) in [6.07, 6.45) is 2.03. The fourth-order valence-corrected chi connectivity index (χ4v) is 5.92. The highest BCUT2D eigenvalue weighted by atomic mass is 19.3. The quantitative estimate of drug-likeness (QED) is 0.767. The van der Waals surface area contributed by atoms with Crippen molar-refractivity contribution in [3.63, 3.8) is 0 Å². The van der Waals surface area contributed by atoms with Crippen molar-refractivity contribution in [1.29, 1.82) is 5.26 Å². The molecule has 0 saturated heterocycles. The summed E-state index contributed by atoms with van der Waals surface area (Å²) in [7, 11) is 1.62. The largest absolute Gasteiger partial charge is 0.369 e. The number of nitrogens with zero attached hydrogens (tertiary/aromatic N) is 3. The number of hydrogen-bond acceptors (Lipinski definition) is 5. The Morgan fingerprint density at radius 3 is 2.58 bits per heavy atom. The maximum atomic E-state index is 13.7. The SMILES string of the molecule is CN1C(=O)C2(N=C1N)c1cc(-c3cccc(C#N)c3)ccc1CC21CCC(OC(F)F)CC1. The summed E-state index contributed by atoms with van der Waals surface area (Å²) in [5.41, 5.74) is 8.56. The third kappa shape index (κ3) is 3.14. The normalized spacial score (nSPS) is 28.5. The van der Waals surface area contributed by atoms with Gasteiger partial charge in [-0.25, -0.2) is 4.99 Å². The molecule has 1 heterocycles. The van der Waals surface area contributed by atoms with Crippen LogP contribution in [0.25, 0.3) is 11.1 Å². The Labute approximate surface area is 190 Å². The highest BCUT2D eigenvalue weighted by molar-refractivity contribution is 6.08. The molecule has 0 aromatic heterocycles. The monoisotopic (exact) mass is 450 g/mol. The number of carbonyl (C=O) groups excluding carboxylic acids is 1. The van der Waals surface area contributed by atoms with Gasteiger partial charge in [0, 0.05) is 12.5 Å². The molecular formula is C25H24F2N4O2. The number of nitriles is 1. The van der Waals surface area contributed by atoms with E-state index >= 15 is 0 Å². The van der Waals surface area contributed by atoms with Crippen LogP contribution < -0.4 is 5.73 Å². The lowest BCUT2D eigenvalue weighted by atomic mass is 9.61. The first-order valence-corrected chi connectivity index (χ1v) is 11.0. The fraction of sp³-hybridized carbons (Fsp3) is 0.400. The number of nitrogens with two attached hydrogens (primary N) is 1. The number of alkyl halides is 2. The molecule has 1 unspecified atom stereocenters. The number of rotatable bonds is 3. The van der Waals surface area contributed by atoms with Crippen LogP contribution in [0.4, 0.5) is 8.78 Å². The molecule has 2 spiro atoms.